The molecule has 0 aromatic heterocycles. The number of carbonyl (C=O) groups is 2. The van der Waals surface area contributed by atoms with E-state index in [1.807, 2.05) is 35.6 Å². The lowest BCUT2D eigenvalue weighted by Crippen LogP contribution is -2.58. The Morgan fingerprint density at radius 2 is 1.71 bits per heavy atom. The summed E-state index contributed by atoms with van der Waals surface area (Å²) in [6.07, 6.45) is -4.13. The number of halogens is 3. The number of nitrogens with one attached hydrogen (secondary N) is 1. The van der Waals surface area contributed by atoms with Gasteiger partial charge in [0.1, 0.15) is 12.1 Å². The van der Waals surface area contributed by atoms with Crippen LogP contribution in [-0.4, -0.2) is 53.1 Å². The zero-order chi connectivity index (χ0) is 17.4. The Morgan fingerprint density at radius 1 is 1.08 bits per heavy atom. The van der Waals surface area contributed by atoms with Gasteiger partial charge in [-0.05, 0) is 18.4 Å². The summed E-state index contributed by atoms with van der Waals surface area (Å²) < 4.78 is 38.3. The van der Waals surface area contributed by atoms with Gasteiger partial charge in [0, 0.05) is 19.6 Å². The molecule has 1 spiro atoms. The number of rotatable bonds is 3. The van der Waals surface area contributed by atoms with E-state index in [-0.39, 0.29) is 12.8 Å². The van der Waals surface area contributed by atoms with Crippen molar-refractivity contribution in [3.8, 4) is 0 Å². The minimum atomic E-state index is -4.53. The Morgan fingerprint density at radius 3 is 2.29 bits per heavy atom. The highest BCUT2D eigenvalue weighted by molar-refractivity contribution is 6.07. The second kappa shape index (κ2) is 6.08. The third kappa shape index (κ3) is 3.24. The second-order valence-corrected chi connectivity index (χ2v) is 6.25. The van der Waals surface area contributed by atoms with Crippen LogP contribution in [0.15, 0.2) is 30.3 Å². The Kier molecular flexibility index (Phi) is 4.25. The fraction of sp³-hybridized carbons (Fsp3) is 0.500. The van der Waals surface area contributed by atoms with Crippen molar-refractivity contribution in [1.82, 2.24) is 15.1 Å². The fourth-order valence-electron chi connectivity index (χ4n) is 3.42. The molecule has 1 N–H and O–H groups in total. The first-order valence-electron chi connectivity index (χ1n) is 7.76. The van der Waals surface area contributed by atoms with Gasteiger partial charge in [-0.15, -0.1) is 0 Å². The monoisotopic (exact) mass is 341 g/mol. The van der Waals surface area contributed by atoms with Gasteiger partial charge in [-0.1, -0.05) is 30.3 Å². The van der Waals surface area contributed by atoms with Gasteiger partial charge in [0.05, 0.1) is 0 Å². The number of benzene rings is 1. The lowest BCUT2D eigenvalue weighted by atomic mass is 9.86. The summed E-state index contributed by atoms with van der Waals surface area (Å²) in [6, 6.07) is 8.77. The number of alkyl halides is 3. The topological polar surface area (TPSA) is 52.7 Å². The first-order valence-corrected chi connectivity index (χ1v) is 7.76. The molecule has 0 aliphatic carbocycles. The number of carbonyl (C=O) groups excluding carboxylic acids is 2. The van der Waals surface area contributed by atoms with Crippen LogP contribution in [0.3, 0.4) is 0 Å². The van der Waals surface area contributed by atoms with Crippen LogP contribution in [0, 0.1) is 0 Å². The van der Waals surface area contributed by atoms with Crippen LogP contribution >= 0.6 is 0 Å². The van der Waals surface area contributed by atoms with Crippen molar-refractivity contribution < 1.29 is 22.8 Å². The summed E-state index contributed by atoms with van der Waals surface area (Å²) >= 11 is 0. The van der Waals surface area contributed by atoms with Crippen molar-refractivity contribution in [2.24, 2.45) is 0 Å². The van der Waals surface area contributed by atoms with Crippen molar-refractivity contribution in [3.05, 3.63) is 35.9 Å². The van der Waals surface area contributed by atoms with Gasteiger partial charge in [0.2, 0.25) is 0 Å². The fourth-order valence-corrected chi connectivity index (χ4v) is 3.42. The first kappa shape index (κ1) is 16.8. The van der Waals surface area contributed by atoms with Gasteiger partial charge < -0.3 is 4.90 Å². The molecule has 0 bridgehead atoms. The summed E-state index contributed by atoms with van der Waals surface area (Å²) in [7, 11) is 0. The molecule has 2 aliphatic rings. The predicted molar refractivity (Wildman–Crippen MR) is 80.0 cm³/mol. The zero-order valence-corrected chi connectivity index (χ0v) is 13.0. The summed E-state index contributed by atoms with van der Waals surface area (Å²) in [5, 5.41) is 2.04. The van der Waals surface area contributed by atoms with E-state index < -0.39 is 30.2 Å². The molecule has 1 aromatic rings. The van der Waals surface area contributed by atoms with E-state index in [0.29, 0.717) is 24.5 Å². The average molecular weight is 341 g/mol. The van der Waals surface area contributed by atoms with Gasteiger partial charge in [-0.2, -0.15) is 13.2 Å². The highest BCUT2D eigenvalue weighted by Gasteiger charge is 2.56. The lowest BCUT2D eigenvalue weighted by Gasteiger charge is -2.42. The third-order valence-electron chi connectivity index (χ3n) is 4.67. The first-order chi connectivity index (χ1) is 11.3. The molecule has 2 fully saturated rings. The maximum absolute atomic E-state index is 12.8. The molecule has 0 radical (unpaired) electrons. The molecule has 2 heterocycles. The van der Waals surface area contributed by atoms with E-state index in [9.17, 15) is 22.8 Å². The van der Waals surface area contributed by atoms with Crippen molar-refractivity contribution >= 4 is 11.9 Å². The summed E-state index contributed by atoms with van der Waals surface area (Å²) in [5.74, 6) is -0.615. The van der Waals surface area contributed by atoms with Gasteiger partial charge in [-0.3, -0.25) is 15.0 Å². The molecule has 2 saturated heterocycles. The van der Waals surface area contributed by atoms with Gasteiger partial charge in [0.25, 0.3) is 5.91 Å². The Balaban J connectivity index is 1.70. The number of imide groups is 1. The third-order valence-corrected chi connectivity index (χ3v) is 4.67. The number of hydrogen-bond donors (Lipinski definition) is 1. The Bertz CT molecular complexity index is 625. The molecular formula is C16H18F3N3O2. The number of nitrogens with zero attached hydrogens (tertiary/aromatic N) is 2. The largest absolute Gasteiger partial charge is 0.406 e. The van der Waals surface area contributed by atoms with Crippen LogP contribution in [0.25, 0.3) is 0 Å². The van der Waals surface area contributed by atoms with E-state index in [2.05, 4.69) is 4.90 Å². The minimum absolute atomic E-state index is 0.202. The van der Waals surface area contributed by atoms with E-state index in [4.69, 9.17) is 0 Å². The minimum Gasteiger partial charge on any atom is -0.301 e. The van der Waals surface area contributed by atoms with Gasteiger partial charge in [-0.25, -0.2) is 4.79 Å². The van der Waals surface area contributed by atoms with Crippen molar-refractivity contribution in [2.75, 3.05) is 19.6 Å². The second-order valence-electron chi connectivity index (χ2n) is 6.25. The Labute approximate surface area is 137 Å². The van der Waals surface area contributed by atoms with E-state index in [1.54, 1.807) is 0 Å². The van der Waals surface area contributed by atoms with Crippen molar-refractivity contribution in [3.63, 3.8) is 0 Å². The molecule has 8 heteroatoms. The Hall–Kier alpha value is -2.09. The maximum atomic E-state index is 12.8. The molecule has 3 amide bonds. The van der Waals surface area contributed by atoms with E-state index in [1.165, 1.54) is 0 Å². The quantitative estimate of drug-likeness (QED) is 0.857. The number of urea groups is 1. The molecule has 0 saturated carbocycles. The highest BCUT2D eigenvalue weighted by Crippen LogP contribution is 2.35. The molecule has 130 valence electrons. The molecule has 0 atom stereocenters. The number of piperidine rings is 1. The van der Waals surface area contributed by atoms with Crippen molar-refractivity contribution in [1.29, 1.82) is 0 Å². The smallest absolute Gasteiger partial charge is 0.301 e. The number of likely N-dealkylation sites (tertiary alicyclic amines) is 1. The van der Waals surface area contributed by atoms with Crippen molar-refractivity contribution in [2.45, 2.75) is 31.1 Å². The number of hydrogen-bond acceptors (Lipinski definition) is 3. The molecule has 3 rings (SSSR count). The summed E-state index contributed by atoms with van der Waals surface area (Å²) in [5.41, 5.74) is -0.271. The lowest BCUT2D eigenvalue weighted by molar-refractivity contribution is -0.155. The van der Waals surface area contributed by atoms with Gasteiger partial charge >= 0.3 is 12.2 Å². The highest BCUT2D eigenvalue weighted by atomic mass is 19.4. The van der Waals surface area contributed by atoms with Gasteiger partial charge in [0.15, 0.2) is 0 Å². The summed E-state index contributed by atoms with van der Waals surface area (Å²) in [4.78, 5) is 26.7. The molecule has 2 aliphatic heterocycles. The van der Waals surface area contributed by atoms with Crippen LogP contribution in [0.4, 0.5) is 18.0 Å². The molecule has 5 nitrogen and oxygen atoms in total. The summed E-state index contributed by atoms with van der Waals surface area (Å²) in [6.45, 7) is 0.197. The van der Waals surface area contributed by atoms with Crippen LogP contribution in [0.1, 0.15) is 18.4 Å². The standard InChI is InChI=1S/C16H18F3N3O2/c17-16(18,19)11-22-14(24)20-13(23)15(22)6-8-21(9-7-15)10-12-4-2-1-3-5-12/h1-5H,6-11H2,(H,20,23,24). The van der Waals surface area contributed by atoms with Crippen LogP contribution in [0.5, 0.6) is 0 Å². The maximum Gasteiger partial charge on any atom is 0.406 e. The molecule has 24 heavy (non-hydrogen) atoms. The average Bonchev–Trinajstić information content (AvgIpc) is 2.74. The molecule has 1 aromatic carbocycles. The molecular weight excluding hydrogens is 323 g/mol. The zero-order valence-electron chi connectivity index (χ0n) is 13.0. The van der Waals surface area contributed by atoms with Crippen LogP contribution in [0.2, 0.25) is 0 Å². The van der Waals surface area contributed by atoms with E-state index in [0.717, 1.165) is 5.56 Å². The van der Waals surface area contributed by atoms with E-state index >= 15 is 0 Å². The normalized spacial score (nSPS) is 21.4. The van der Waals surface area contributed by atoms with Crippen LogP contribution < -0.4 is 5.32 Å². The predicted octanol–water partition coefficient (Wildman–Crippen LogP) is 2.14. The van der Waals surface area contributed by atoms with Crippen LogP contribution in [-0.2, 0) is 11.3 Å². The number of amides is 3. The molecule has 0 unspecified atom stereocenters. The SMILES string of the molecule is O=C1NC(=O)C2(CCN(Cc3ccccc3)CC2)N1CC(F)(F)F.